The molecule has 4 nitrogen and oxygen atoms in total. The van der Waals surface area contributed by atoms with Crippen molar-refractivity contribution in [3.63, 3.8) is 0 Å². The molecule has 1 heterocycles. The maximum Gasteiger partial charge on any atom is 0.416 e. The Labute approximate surface area is 171 Å². The minimum Gasteiger partial charge on any atom is -0.422 e. The van der Waals surface area contributed by atoms with Gasteiger partial charge in [0, 0.05) is 30.2 Å². The van der Waals surface area contributed by atoms with Crippen LogP contribution in [0.25, 0.3) is 22.6 Å². The second-order valence-corrected chi connectivity index (χ2v) is 6.63. The maximum atomic E-state index is 12.7. The lowest BCUT2D eigenvalue weighted by atomic mass is 10.0. The molecule has 1 aromatic heterocycles. The van der Waals surface area contributed by atoms with E-state index >= 15 is 0 Å². The van der Waals surface area contributed by atoms with Crippen LogP contribution < -0.4 is 10.5 Å². The van der Waals surface area contributed by atoms with Gasteiger partial charge >= 0.3 is 11.8 Å². The summed E-state index contributed by atoms with van der Waals surface area (Å²) in [5, 5.41) is 10.1. The van der Waals surface area contributed by atoms with Gasteiger partial charge in [0.05, 0.1) is 22.8 Å². The van der Waals surface area contributed by atoms with Crippen LogP contribution in [0.5, 0.6) is 0 Å². The van der Waals surface area contributed by atoms with Crippen LogP contribution in [0.4, 0.5) is 18.9 Å². The van der Waals surface area contributed by atoms with E-state index in [1.165, 1.54) is 18.2 Å². The van der Waals surface area contributed by atoms with E-state index in [9.17, 15) is 23.2 Å². The van der Waals surface area contributed by atoms with Crippen molar-refractivity contribution in [3.05, 3.63) is 75.6 Å². The molecule has 2 aromatic carbocycles. The second-order valence-electron chi connectivity index (χ2n) is 6.63. The number of nitriles is 1. The number of hydrogen-bond donors (Lipinski definition) is 0. The first-order chi connectivity index (χ1) is 14.3. The smallest absolute Gasteiger partial charge is 0.416 e. The van der Waals surface area contributed by atoms with E-state index in [0.717, 1.165) is 30.9 Å². The molecule has 0 aliphatic carbocycles. The highest BCUT2D eigenvalue weighted by molar-refractivity contribution is 5.91. The second kappa shape index (κ2) is 8.46. The molecule has 0 spiro atoms. The average Bonchev–Trinajstić information content (AvgIpc) is 2.72. The molecule has 7 heteroatoms. The molecule has 0 aliphatic rings. The van der Waals surface area contributed by atoms with Crippen LogP contribution >= 0.6 is 0 Å². The number of fused-ring (bicyclic) bond motifs is 1. The Kier molecular flexibility index (Phi) is 5.97. The largest absolute Gasteiger partial charge is 0.422 e. The fraction of sp³-hybridized carbons (Fsp3) is 0.217. The zero-order valence-corrected chi connectivity index (χ0v) is 16.5. The van der Waals surface area contributed by atoms with E-state index in [0.29, 0.717) is 11.0 Å². The molecule has 0 bridgehead atoms. The molecule has 154 valence electrons. The fourth-order valence-electron chi connectivity index (χ4n) is 3.18. The number of rotatable bonds is 5. The van der Waals surface area contributed by atoms with Crippen molar-refractivity contribution in [2.75, 3.05) is 18.0 Å². The van der Waals surface area contributed by atoms with E-state index in [2.05, 4.69) is 4.90 Å². The van der Waals surface area contributed by atoms with Crippen molar-refractivity contribution in [2.24, 2.45) is 0 Å². The molecule has 0 fully saturated rings. The Bertz CT molecular complexity index is 1180. The monoisotopic (exact) mass is 412 g/mol. The van der Waals surface area contributed by atoms with Crippen molar-refractivity contribution in [3.8, 4) is 6.07 Å². The van der Waals surface area contributed by atoms with E-state index in [4.69, 9.17) is 4.42 Å². The molecule has 0 N–H and O–H groups in total. The zero-order chi connectivity index (χ0) is 21.9. The Morgan fingerprint density at radius 1 is 1.10 bits per heavy atom. The average molecular weight is 412 g/mol. The Morgan fingerprint density at radius 2 is 1.77 bits per heavy atom. The first kappa shape index (κ1) is 21.2. The Morgan fingerprint density at radius 3 is 2.33 bits per heavy atom. The van der Waals surface area contributed by atoms with E-state index in [-0.39, 0.29) is 16.7 Å². The predicted molar refractivity (Wildman–Crippen MR) is 111 cm³/mol. The molecule has 0 aliphatic heterocycles. The zero-order valence-electron chi connectivity index (χ0n) is 16.5. The van der Waals surface area contributed by atoms with Gasteiger partial charge in [0.2, 0.25) is 0 Å². The van der Waals surface area contributed by atoms with Crippen molar-refractivity contribution in [1.29, 1.82) is 5.26 Å². The number of nitrogens with zero attached hydrogens (tertiary/aromatic N) is 2. The summed E-state index contributed by atoms with van der Waals surface area (Å²) in [6, 6.07) is 13.3. The van der Waals surface area contributed by atoms with Gasteiger partial charge in [-0.1, -0.05) is 12.1 Å². The van der Waals surface area contributed by atoms with Gasteiger partial charge in [-0.05, 0) is 55.8 Å². The summed E-state index contributed by atoms with van der Waals surface area (Å²) >= 11 is 0. The minimum atomic E-state index is -4.46. The summed E-state index contributed by atoms with van der Waals surface area (Å²) in [4.78, 5) is 14.6. The van der Waals surface area contributed by atoms with Crippen LogP contribution in [0.3, 0.4) is 0 Å². The Balaban J connectivity index is 2.01. The topological polar surface area (TPSA) is 57.2 Å². The summed E-state index contributed by atoms with van der Waals surface area (Å²) in [5.74, 6) is 0. The molecule has 0 saturated heterocycles. The number of halogens is 3. The van der Waals surface area contributed by atoms with Gasteiger partial charge < -0.3 is 9.32 Å². The lowest BCUT2D eigenvalue weighted by molar-refractivity contribution is -0.137. The van der Waals surface area contributed by atoms with Crippen molar-refractivity contribution in [1.82, 2.24) is 0 Å². The lowest BCUT2D eigenvalue weighted by Crippen LogP contribution is -2.21. The first-order valence-electron chi connectivity index (χ1n) is 9.39. The molecule has 0 radical (unpaired) electrons. The van der Waals surface area contributed by atoms with Gasteiger partial charge in [-0.15, -0.1) is 0 Å². The van der Waals surface area contributed by atoms with Gasteiger partial charge in [0.15, 0.2) is 0 Å². The highest BCUT2D eigenvalue weighted by Gasteiger charge is 2.30. The number of alkyl halides is 3. The molecule has 30 heavy (non-hydrogen) atoms. The molecule has 0 atom stereocenters. The third-order valence-electron chi connectivity index (χ3n) is 4.82. The van der Waals surface area contributed by atoms with Crippen LogP contribution in [-0.4, -0.2) is 13.1 Å². The van der Waals surface area contributed by atoms with E-state index < -0.39 is 17.4 Å². The molecule has 0 saturated carbocycles. The summed E-state index contributed by atoms with van der Waals surface area (Å²) in [7, 11) is 0. The van der Waals surface area contributed by atoms with Crippen LogP contribution in [0.15, 0.2) is 57.7 Å². The quantitative estimate of drug-likeness (QED) is 0.397. The molecule has 3 rings (SSSR count). The Hall–Kier alpha value is -3.53. The predicted octanol–water partition coefficient (Wildman–Crippen LogP) is 5.72. The molecule has 0 amide bonds. The van der Waals surface area contributed by atoms with Crippen molar-refractivity contribution in [2.45, 2.75) is 20.0 Å². The lowest BCUT2D eigenvalue weighted by Gasteiger charge is -2.20. The fourth-order valence-corrected chi connectivity index (χ4v) is 3.18. The molecule has 0 unspecified atom stereocenters. The molecular weight excluding hydrogens is 393 g/mol. The highest BCUT2D eigenvalue weighted by atomic mass is 19.4. The van der Waals surface area contributed by atoms with Gasteiger partial charge in [0.1, 0.15) is 5.58 Å². The van der Waals surface area contributed by atoms with Crippen LogP contribution in [-0.2, 0) is 6.18 Å². The van der Waals surface area contributed by atoms with Gasteiger partial charge in [0.25, 0.3) is 0 Å². The van der Waals surface area contributed by atoms with Crippen molar-refractivity contribution >= 4 is 28.3 Å². The summed E-state index contributed by atoms with van der Waals surface area (Å²) in [6.07, 6.45) is -3.13. The molecular formula is C23H19F3N2O2. The standard InChI is InChI=1S/C23H19F3N2O2/c1-3-28(4-2)20-10-7-16-11-17(22(29)30-21(16)13-20)12-18(14-27)15-5-8-19(9-6-15)23(24,25)26/h5-13H,3-4H2,1-2H3. The first-order valence-corrected chi connectivity index (χ1v) is 9.39. The van der Waals surface area contributed by atoms with Gasteiger partial charge in [-0.2, -0.15) is 18.4 Å². The SMILES string of the molecule is CCN(CC)c1ccc2cc(C=C(C#N)c3ccc(C(F)(F)F)cc3)c(=O)oc2c1. The van der Waals surface area contributed by atoms with Crippen molar-refractivity contribution < 1.29 is 17.6 Å². The summed E-state index contributed by atoms with van der Waals surface area (Å²) < 4.78 is 43.6. The highest BCUT2D eigenvalue weighted by Crippen LogP contribution is 2.30. The van der Waals surface area contributed by atoms with Crippen LogP contribution in [0, 0.1) is 11.3 Å². The normalized spacial score (nSPS) is 12.1. The number of hydrogen-bond acceptors (Lipinski definition) is 4. The van der Waals surface area contributed by atoms with Crippen LogP contribution in [0.1, 0.15) is 30.5 Å². The number of anilines is 1. The summed E-state index contributed by atoms with van der Waals surface area (Å²) in [5.41, 5.74) is 0.416. The minimum absolute atomic E-state index is 0.0649. The van der Waals surface area contributed by atoms with Crippen LogP contribution in [0.2, 0.25) is 0 Å². The van der Waals surface area contributed by atoms with Gasteiger partial charge in [-0.3, -0.25) is 0 Å². The maximum absolute atomic E-state index is 12.7. The number of allylic oxidation sites excluding steroid dienone is 1. The summed E-state index contributed by atoms with van der Waals surface area (Å²) in [6.45, 7) is 5.68. The van der Waals surface area contributed by atoms with E-state index in [1.54, 1.807) is 12.1 Å². The number of benzene rings is 2. The van der Waals surface area contributed by atoms with Gasteiger partial charge in [-0.25, -0.2) is 4.79 Å². The third kappa shape index (κ3) is 4.38. The molecule has 3 aromatic rings. The third-order valence-corrected chi connectivity index (χ3v) is 4.82. The van der Waals surface area contributed by atoms with E-state index in [1.807, 2.05) is 32.0 Å².